The number of rotatable bonds is 10. The highest BCUT2D eigenvalue weighted by Crippen LogP contribution is 2.25. The molecule has 1 aliphatic rings. The summed E-state index contributed by atoms with van der Waals surface area (Å²) in [7, 11) is 0. The highest BCUT2D eigenvalue weighted by atomic mass is 16.5. The monoisotopic (exact) mass is 255 g/mol. The lowest BCUT2D eigenvalue weighted by molar-refractivity contribution is -0.126. The first-order valence-corrected chi connectivity index (χ1v) is 7.51. The number of hydrogen-bond acceptors (Lipinski definition) is 2. The smallest absolute Gasteiger partial charge is 0.220 e. The van der Waals surface area contributed by atoms with Crippen molar-refractivity contribution in [3.05, 3.63) is 0 Å². The molecule has 0 atom stereocenters. The molecule has 0 saturated carbocycles. The minimum absolute atomic E-state index is 0.190. The Bertz CT molecular complexity index is 237. The van der Waals surface area contributed by atoms with Gasteiger partial charge in [0.1, 0.15) is 0 Å². The van der Waals surface area contributed by atoms with Gasteiger partial charge in [-0.3, -0.25) is 4.79 Å². The van der Waals surface area contributed by atoms with Gasteiger partial charge in [-0.05, 0) is 6.42 Å². The van der Waals surface area contributed by atoms with E-state index in [1.165, 1.54) is 38.5 Å². The lowest BCUT2D eigenvalue weighted by Gasteiger charge is -2.38. The molecular formula is C15H29NO2. The molecule has 3 nitrogen and oxygen atoms in total. The third kappa shape index (κ3) is 6.39. The van der Waals surface area contributed by atoms with E-state index in [1.54, 1.807) is 0 Å². The van der Waals surface area contributed by atoms with Crippen molar-refractivity contribution in [3.63, 3.8) is 0 Å². The van der Waals surface area contributed by atoms with Gasteiger partial charge in [0.05, 0.1) is 13.2 Å². The SMILES string of the molecule is CCCCCCCCCC(=O)NCC1(C)COC1. The summed E-state index contributed by atoms with van der Waals surface area (Å²) in [5.74, 6) is 0.205. The molecule has 0 radical (unpaired) electrons. The Kier molecular flexibility index (Phi) is 7.33. The molecule has 106 valence electrons. The summed E-state index contributed by atoms with van der Waals surface area (Å²) in [6.07, 6.45) is 9.50. The summed E-state index contributed by atoms with van der Waals surface area (Å²) in [6.45, 7) is 6.72. The van der Waals surface area contributed by atoms with Crippen molar-refractivity contribution in [1.29, 1.82) is 0 Å². The molecule has 0 aromatic rings. The molecule has 1 rings (SSSR count). The number of ether oxygens (including phenoxy) is 1. The summed E-state index contributed by atoms with van der Waals surface area (Å²) in [6, 6.07) is 0. The molecule has 1 amide bonds. The van der Waals surface area contributed by atoms with E-state index in [2.05, 4.69) is 19.2 Å². The average molecular weight is 255 g/mol. The molecule has 3 heteroatoms. The predicted octanol–water partition coefficient (Wildman–Crippen LogP) is 3.28. The summed E-state index contributed by atoms with van der Waals surface area (Å²) < 4.78 is 5.16. The Balaban J connectivity index is 1.87. The first-order valence-electron chi connectivity index (χ1n) is 7.51. The van der Waals surface area contributed by atoms with Crippen molar-refractivity contribution in [2.45, 2.75) is 65.2 Å². The fourth-order valence-electron chi connectivity index (χ4n) is 2.20. The topological polar surface area (TPSA) is 38.3 Å². The Morgan fingerprint density at radius 2 is 1.72 bits per heavy atom. The quantitative estimate of drug-likeness (QED) is 0.608. The van der Waals surface area contributed by atoms with Crippen molar-refractivity contribution in [3.8, 4) is 0 Å². The van der Waals surface area contributed by atoms with E-state index >= 15 is 0 Å². The van der Waals surface area contributed by atoms with E-state index in [9.17, 15) is 4.79 Å². The molecular weight excluding hydrogens is 226 g/mol. The van der Waals surface area contributed by atoms with Gasteiger partial charge in [-0.1, -0.05) is 52.4 Å². The number of carbonyl (C=O) groups excluding carboxylic acids is 1. The van der Waals surface area contributed by atoms with E-state index in [4.69, 9.17) is 4.74 Å². The van der Waals surface area contributed by atoms with Crippen LogP contribution in [0.2, 0.25) is 0 Å². The number of hydrogen-bond donors (Lipinski definition) is 1. The number of carbonyl (C=O) groups is 1. The van der Waals surface area contributed by atoms with Crippen LogP contribution in [0.4, 0.5) is 0 Å². The van der Waals surface area contributed by atoms with Crippen LogP contribution >= 0.6 is 0 Å². The summed E-state index contributed by atoms with van der Waals surface area (Å²) >= 11 is 0. The maximum Gasteiger partial charge on any atom is 0.220 e. The maximum absolute atomic E-state index is 11.6. The summed E-state index contributed by atoms with van der Waals surface area (Å²) in [5, 5.41) is 3.02. The Morgan fingerprint density at radius 1 is 1.11 bits per heavy atom. The van der Waals surface area contributed by atoms with Crippen LogP contribution in [0, 0.1) is 5.41 Å². The van der Waals surface area contributed by atoms with Crippen molar-refractivity contribution in [2.24, 2.45) is 5.41 Å². The van der Waals surface area contributed by atoms with Crippen molar-refractivity contribution < 1.29 is 9.53 Å². The second kappa shape index (κ2) is 8.52. The molecule has 0 aromatic heterocycles. The number of nitrogens with one attached hydrogen (secondary N) is 1. The van der Waals surface area contributed by atoms with E-state index in [-0.39, 0.29) is 11.3 Å². The fourth-order valence-corrected chi connectivity index (χ4v) is 2.20. The lowest BCUT2D eigenvalue weighted by atomic mass is 9.89. The van der Waals surface area contributed by atoms with E-state index in [1.807, 2.05) is 0 Å². The molecule has 0 aromatic carbocycles. The first-order chi connectivity index (χ1) is 8.66. The standard InChI is InChI=1S/C15H29NO2/c1-3-4-5-6-7-8-9-10-14(17)16-11-15(2)12-18-13-15/h3-13H2,1-2H3,(H,16,17). The van der Waals surface area contributed by atoms with Gasteiger partial charge in [0.25, 0.3) is 0 Å². The number of unbranched alkanes of at least 4 members (excludes halogenated alkanes) is 6. The minimum atomic E-state index is 0.190. The molecule has 1 N–H and O–H groups in total. The van der Waals surface area contributed by atoms with Crippen LogP contribution < -0.4 is 5.32 Å². The zero-order valence-corrected chi connectivity index (χ0v) is 12.1. The highest BCUT2D eigenvalue weighted by Gasteiger charge is 2.33. The molecule has 1 fully saturated rings. The third-order valence-corrected chi connectivity index (χ3v) is 3.62. The van der Waals surface area contributed by atoms with E-state index in [0.717, 1.165) is 26.2 Å². The molecule has 18 heavy (non-hydrogen) atoms. The molecule has 0 spiro atoms. The zero-order valence-electron chi connectivity index (χ0n) is 12.1. The van der Waals surface area contributed by atoms with Crippen molar-refractivity contribution in [1.82, 2.24) is 5.32 Å². The minimum Gasteiger partial charge on any atom is -0.380 e. The second-order valence-corrected chi connectivity index (χ2v) is 5.95. The Hall–Kier alpha value is -0.570. The van der Waals surface area contributed by atoms with Crippen LogP contribution in [-0.2, 0) is 9.53 Å². The molecule has 0 aliphatic carbocycles. The van der Waals surface area contributed by atoms with Crippen molar-refractivity contribution >= 4 is 5.91 Å². The van der Waals surface area contributed by atoms with Gasteiger partial charge in [-0.25, -0.2) is 0 Å². The molecule has 1 heterocycles. The van der Waals surface area contributed by atoms with Crippen molar-refractivity contribution in [2.75, 3.05) is 19.8 Å². The van der Waals surface area contributed by atoms with Crippen LogP contribution in [0.25, 0.3) is 0 Å². The molecule has 0 bridgehead atoms. The first kappa shape index (κ1) is 15.5. The van der Waals surface area contributed by atoms with Crippen LogP contribution in [0.15, 0.2) is 0 Å². The third-order valence-electron chi connectivity index (χ3n) is 3.62. The molecule has 1 aliphatic heterocycles. The van der Waals surface area contributed by atoms with Crippen LogP contribution in [0.5, 0.6) is 0 Å². The largest absolute Gasteiger partial charge is 0.380 e. The average Bonchev–Trinajstić information content (AvgIpc) is 2.33. The molecule has 0 unspecified atom stereocenters. The maximum atomic E-state index is 11.6. The summed E-state index contributed by atoms with van der Waals surface area (Å²) in [4.78, 5) is 11.6. The Morgan fingerprint density at radius 3 is 2.28 bits per heavy atom. The van der Waals surface area contributed by atoms with Gasteiger partial charge in [-0.2, -0.15) is 0 Å². The van der Waals surface area contributed by atoms with Gasteiger partial charge in [-0.15, -0.1) is 0 Å². The van der Waals surface area contributed by atoms with E-state index in [0.29, 0.717) is 6.42 Å². The van der Waals surface area contributed by atoms with Gasteiger partial charge in [0, 0.05) is 18.4 Å². The van der Waals surface area contributed by atoms with Gasteiger partial charge in [0.2, 0.25) is 5.91 Å². The van der Waals surface area contributed by atoms with E-state index < -0.39 is 0 Å². The second-order valence-electron chi connectivity index (χ2n) is 5.95. The fraction of sp³-hybridized carbons (Fsp3) is 0.933. The van der Waals surface area contributed by atoms with Gasteiger partial charge >= 0.3 is 0 Å². The van der Waals surface area contributed by atoms with Crippen LogP contribution in [0.3, 0.4) is 0 Å². The predicted molar refractivity (Wildman–Crippen MR) is 74.5 cm³/mol. The number of amides is 1. The van der Waals surface area contributed by atoms with Gasteiger partial charge in [0.15, 0.2) is 0 Å². The van der Waals surface area contributed by atoms with Gasteiger partial charge < -0.3 is 10.1 Å². The van der Waals surface area contributed by atoms with Crippen LogP contribution in [-0.4, -0.2) is 25.7 Å². The van der Waals surface area contributed by atoms with Crippen LogP contribution in [0.1, 0.15) is 65.2 Å². The molecule has 1 saturated heterocycles. The summed E-state index contributed by atoms with van der Waals surface area (Å²) in [5.41, 5.74) is 0.190. The Labute approximate surface area is 112 Å². The lowest BCUT2D eigenvalue weighted by Crippen LogP contribution is -2.48. The zero-order chi connectivity index (χ0) is 13.3. The highest BCUT2D eigenvalue weighted by molar-refractivity contribution is 5.75. The normalized spacial score (nSPS) is 17.2.